The molecule has 0 saturated heterocycles. The van der Waals surface area contributed by atoms with Crippen LogP contribution in [0.25, 0.3) is 0 Å². The standard InChI is InChI=1S/C20H26ClN3O2S.HI/c1-4-22-20(24(2)15-17-7-5-6-8-19(17)21)23-14-13-16-9-11-18(12-10-16)27(3,25)26;/h5-12H,4,13-15H2,1-3H3,(H,22,23);1H. The Labute approximate surface area is 190 Å². The zero-order valence-electron chi connectivity index (χ0n) is 16.4. The van der Waals surface area contributed by atoms with Crippen LogP contribution in [-0.2, 0) is 22.8 Å². The highest BCUT2D eigenvalue weighted by atomic mass is 127. The van der Waals surface area contributed by atoms with Crippen LogP contribution >= 0.6 is 35.6 Å². The molecule has 0 aliphatic rings. The van der Waals surface area contributed by atoms with Gasteiger partial charge in [-0.3, -0.25) is 4.99 Å². The number of hydrogen-bond donors (Lipinski definition) is 1. The van der Waals surface area contributed by atoms with Gasteiger partial charge in [-0.25, -0.2) is 8.42 Å². The molecule has 0 unspecified atom stereocenters. The number of benzene rings is 2. The second-order valence-corrected chi connectivity index (χ2v) is 8.77. The molecule has 0 bridgehead atoms. The Hall–Kier alpha value is -1.32. The monoisotopic (exact) mass is 535 g/mol. The molecule has 8 heteroatoms. The molecule has 154 valence electrons. The SMILES string of the molecule is CCNC(=NCCc1ccc(S(C)(=O)=O)cc1)N(C)Cc1ccccc1Cl.I. The number of aliphatic imine (C=N–C) groups is 1. The van der Waals surface area contributed by atoms with Gasteiger partial charge in [-0.05, 0) is 42.7 Å². The Morgan fingerprint density at radius 2 is 1.79 bits per heavy atom. The molecule has 0 amide bonds. The van der Waals surface area contributed by atoms with Gasteiger partial charge in [0.15, 0.2) is 15.8 Å². The fourth-order valence-corrected chi connectivity index (χ4v) is 3.45. The smallest absolute Gasteiger partial charge is 0.193 e. The first kappa shape index (κ1) is 24.7. The van der Waals surface area contributed by atoms with E-state index in [9.17, 15) is 8.42 Å². The lowest BCUT2D eigenvalue weighted by atomic mass is 10.1. The Bertz CT molecular complexity index is 887. The van der Waals surface area contributed by atoms with Crippen molar-refractivity contribution in [2.45, 2.75) is 24.8 Å². The van der Waals surface area contributed by atoms with Gasteiger partial charge in [0, 0.05) is 38.0 Å². The third kappa shape index (κ3) is 7.60. The summed E-state index contributed by atoms with van der Waals surface area (Å²) in [7, 11) is -1.18. The molecular formula is C20H27ClIN3O2S. The molecule has 0 saturated carbocycles. The van der Waals surface area contributed by atoms with E-state index in [-0.39, 0.29) is 24.0 Å². The summed E-state index contributed by atoms with van der Waals surface area (Å²) in [5, 5.41) is 4.03. The maximum Gasteiger partial charge on any atom is 0.193 e. The molecule has 0 aromatic heterocycles. The minimum Gasteiger partial charge on any atom is -0.357 e. The summed E-state index contributed by atoms with van der Waals surface area (Å²) >= 11 is 6.25. The zero-order valence-corrected chi connectivity index (χ0v) is 20.3. The number of guanidine groups is 1. The van der Waals surface area contributed by atoms with Gasteiger partial charge >= 0.3 is 0 Å². The molecule has 1 N–H and O–H groups in total. The van der Waals surface area contributed by atoms with Crippen molar-refractivity contribution in [3.8, 4) is 0 Å². The van der Waals surface area contributed by atoms with E-state index in [1.54, 1.807) is 12.1 Å². The van der Waals surface area contributed by atoms with Gasteiger partial charge in [0.25, 0.3) is 0 Å². The predicted octanol–water partition coefficient (Wildman–Crippen LogP) is 4.00. The normalized spacial score (nSPS) is 11.6. The Kier molecular flexibility index (Phi) is 10.3. The summed E-state index contributed by atoms with van der Waals surface area (Å²) in [5.41, 5.74) is 2.10. The quantitative estimate of drug-likeness (QED) is 0.331. The van der Waals surface area contributed by atoms with E-state index < -0.39 is 9.84 Å². The number of hydrogen-bond acceptors (Lipinski definition) is 3. The first-order chi connectivity index (χ1) is 12.8. The molecule has 0 radical (unpaired) electrons. The number of sulfone groups is 1. The van der Waals surface area contributed by atoms with Gasteiger partial charge in [-0.1, -0.05) is 41.9 Å². The highest BCUT2D eigenvalue weighted by Crippen LogP contribution is 2.16. The van der Waals surface area contributed by atoms with Crippen molar-refractivity contribution >= 4 is 51.4 Å². The fraction of sp³-hybridized carbons (Fsp3) is 0.350. The van der Waals surface area contributed by atoms with E-state index in [2.05, 4.69) is 10.3 Å². The second kappa shape index (κ2) is 11.6. The fourth-order valence-electron chi connectivity index (χ4n) is 2.62. The molecule has 0 aliphatic carbocycles. The third-order valence-corrected chi connectivity index (χ3v) is 5.57. The van der Waals surface area contributed by atoms with Crippen LogP contribution in [0, 0.1) is 0 Å². The number of nitrogens with zero attached hydrogens (tertiary/aromatic N) is 2. The van der Waals surface area contributed by atoms with Crippen LogP contribution in [0.3, 0.4) is 0 Å². The van der Waals surface area contributed by atoms with Crippen molar-refractivity contribution in [1.82, 2.24) is 10.2 Å². The average molecular weight is 536 g/mol. The van der Waals surface area contributed by atoms with Crippen LogP contribution in [-0.4, -0.2) is 45.7 Å². The Morgan fingerprint density at radius 1 is 1.14 bits per heavy atom. The third-order valence-electron chi connectivity index (χ3n) is 4.08. The molecule has 0 aliphatic heterocycles. The first-order valence-corrected chi connectivity index (χ1v) is 11.1. The molecule has 2 aromatic carbocycles. The van der Waals surface area contributed by atoms with Crippen LogP contribution in [0.1, 0.15) is 18.1 Å². The summed E-state index contributed by atoms with van der Waals surface area (Å²) in [4.78, 5) is 7.05. The summed E-state index contributed by atoms with van der Waals surface area (Å²) in [6, 6.07) is 14.7. The van der Waals surface area contributed by atoms with Crippen molar-refractivity contribution in [3.05, 3.63) is 64.7 Å². The maximum absolute atomic E-state index is 11.5. The molecule has 2 rings (SSSR count). The van der Waals surface area contributed by atoms with E-state index in [4.69, 9.17) is 11.6 Å². The summed E-state index contributed by atoms with van der Waals surface area (Å²) in [6.07, 6.45) is 1.95. The van der Waals surface area contributed by atoms with Crippen LogP contribution in [0.5, 0.6) is 0 Å². The topological polar surface area (TPSA) is 61.8 Å². The van der Waals surface area contributed by atoms with Gasteiger partial charge in [0.2, 0.25) is 0 Å². The van der Waals surface area contributed by atoms with Gasteiger partial charge in [-0.2, -0.15) is 0 Å². The Morgan fingerprint density at radius 3 is 2.36 bits per heavy atom. The lowest BCUT2D eigenvalue weighted by molar-refractivity contribution is 0.477. The minimum atomic E-state index is -3.16. The molecule has 5 nitrogen and oxygen atoms in total. The van der Waals surface area contributed by atoms with E-state index in [1.165, 1.54) is 6.26 Å². The molecule has 28 heavy (non-hydrogen) atoms. The van der Waals surface area contributed by atoms with E-state index in [0.29, 0.717) is 18.0 Å². The molecular weight excluding hydrogens is 509 g/mol. The number of halogens is 2. The lowest BCUT2D eigenvalue weighted by Crippen LogP contribution is -2.38. The maximum atomic E-state index is 11.5. The highest BCUT2D eigenvalue weighted by molar-refractivity contribution is 14.0. The van der Waals surface area contributed by atoms with E-state index in [0.717, 1.165) is 35.1 Å². The molecule has 0 heterocycles. The molecule has 0 atom stereocenters. The van der Waals surface area contributed by atoms with Gasteiger partial charge in [-0.15, -0.1) is 24.0 Å². The first-order valence-electron chi connectivity index (χ1n) is 8.83. The lowest BCUT2D eigenvalue weighted by Gasteiger charge is -2.22. The zero-order chi connectivity index (χ0) is 19.9. The van der Waals surface area contributed by atoms with E-state index in [1.807, 2.05) is 55.3 Å². The van der Waals surface area contributed by atoms with Crippen LogP contribution in [0.15, 0.2) is 58.4 Å². The summed E-state index contributed by atoms with van der Waals surface area (Å²) < 4.78 is 23.0. The van der Waals surface area contributed by atoms with Crippen LogP contribution in [0.4, 0.5) is 0 Å². The molecule has 2 aromatic rings. The van der Waals surface area contributed by atoms with Crippen molar-refractivity contribution in [2.24, 2.45) is 4.99 Å². The summed E-state index contributed by atoms with van der Waals surface area (Å²) in [6.45, 7) is 4.07. The Balaban J connectivity index is 0.00000392. The van der Waals surface area contributed by atoms with Crippen LogP contribution < -0.4 is 5.32 Å². The summed E-state index contributed by atoms with van der Waals surface area (Å²) in [5.74, 6) is 0.810. The van der Waals surface area contributed by atoms with Gasteiger partial charge in [0.05, 0.1) is 4.90 Å². The van der Waals surface area contributed by atoms with Crippen LogP contribution in [0.2, 0.25) is 5.02 Å². The second-order valence-electron chi connectivity index (χ2n) is 6.35. The molecule has 0 fully saturated rings. The van der Waals surface area contributed by atoms with Crippen molar-refractivity contribution in [2.75, 3.05) is 26.4 Å². The van der Waals surface area contributed by atoms with Crippen molar-refractivity contribution < 1.29 is 8.42 Å². The highest BCUT2D eigenvalue weighted by Gasteiger charge is 2.09. The minimum absolute atomic E-state index is 0. The van der Waals surface area contributed by atoms with E-state index >= 15 is 0 Å². The largest absolute Gasteiger partial charge is 0.357 e. The number of nitrogens with one attached hydrogen (secondary N) is 1. The van der Waals surface area contributed by atoms with Gasteiger partial charge < -0.3 is 10.2 Å². The molecule has 0 spiro atoms. The van der Waals surface area contributed by atoms with Crippen molar-refractivity contribution in [1.29, 1.82) is 0 Å². The predicted molar refractivity (Wildman–Crippen MR) is 128 cm³/mol. The number of rotatable bonds is 7. The van der Waals surface area contributed by atoms with Gasteiger partial charge in [0.1, 0.15) is 0 Å². The average Bonchev–Trinajstić information content (AvgIpc) is 2.62. The van der Waals surface area contributed by atoms with Crippen molar-refractivity contribution in [3.63, 3.8) is 0 Å².